The Morgan fingerprint density at radius 2 is 2.05 bits per heavy atom. The first-order valence-electron chi connectivity index (χ1n) is 6.49. The molecule has 2 aromatic carbocycles. The van der Waals surface area contributed by atoms with Gasteiger partial charge in [-0.15, -0.1) is 0 Å². The fourth-order valence-electron chi connectivity index (χ4n) is 1.78. The standard InChI is InChI=1S/C16H15BrClNO2/c1-11-4-2-5-12(10-11)21-9-8-15(20)19-14-7-3-6-13(18)16(14)17/h2-7,10H,8-9H2,1H3,(H,19,20). The molecule has 0 aliphatic carbocycles. The van der Waals surface area contributed by atoms with Crippen molar-refractivity contribution in [1.29, 1.82) is 0 Å². The molecule has 1 amide bonds. The molecule has 0 spiro atoms. The highest BCUT2D eigenvalue weighted by Crippen LogP contribution is 2.30. The minimum Gasteiger partial charge on any atom is -0.493 e. The van der Waals surface area contributed by atoms with E-state index >= 15 is 0 Å². The summed E-state index contributed by atoms with van der Waals surface area (Å²) in [5.74, 6) is 0.650. The Labute approximate surface area is 137 Å². The molecule has 0 bridgehead atoms. The summed E-state index contributed by atoms with van der Waals surface area (Å²) in [7, 11) is 0. The van der Waals surface area contributed by atoms with Crippen LogP contribution in [-0.4, -0.2) is 12.5 Å². The first kappa shape index (κ1) is 15.9. The second kappa shape index (κ2) is 7.48. The van der Waals surface area contributed by atoms with Crippen molar-refractivity contribution in [2.45, 2.75) is 13.3 Å². The van der Waals surface area contributed by atoms with Crippen molar-refractivity contribution in [3.63, 3.8) is 0 Å². The van der Waals surface area contributed by atoms with Crippen molar-refractivity contribution in [2.24, 2.45) is 0 Å². The van der Waals surface area contributed by atoms with E-state index in [1.165, 1.54) is 0 Å². The topological polar surface area (TPSA) is 38.3 Å². The Hall–Kier alpha value is -1.52. The number of hydrogen-bond donors (Lipinski definition) is 1. The number of halogens is 2. The van der Waals surface area contributed by atoms with E-state index < -0.39 is 0 Å². The third kappa shape index (κ3) is 4.76. The molecule has 2 rings (SSSR count). The molecule has 0 aromatic heterocycles. The zero-order chi connectivity index (χ0) is 15.2. The fraction of sp³-hybridized carbons (Fsp3) is 0.188. The van der Waals surface area contributed by atoms with Gasteiger partial charge in [0.05, 0.1) is 28.2 Å². The van der Waals surface area contributed by atoms with Crippen LogP contribution in [0, 0.1) is 6.92 Å². The average Bonchev–Trinajstić information content (AvgIpc) is 2.44. The molecule has 110 valence electrons. The average molecular weight is 369 g/mol. The molecule has 0 atom stereocenters. The van der Waals surface area contributed by atoms with Crippen LogP contribution in [0.2, 0.25) is 5.02 Å². The molecule has 0 aliphatic heterocycles. The van der Waals surface area contributed by atoms with Crippen molar-refractivity contribution in [3.8, 4) is 5.75 Å². The van der Waals surface area contributed by atoms with Gasteiger partial charge in [0.15, 0.2) is 0 Å². The number of rotatable bonds is 5. The minimum absolute atomic E-state index is 0.120. The van der Waals surface area contributed by atoms with Crippen molar-refractivity contribution in [2.75, 3.05) is 11.9 Å². The zero-order valence-electron chi connectivity index (χ0n) is 11.5. The largest absolute Gasteiger partial charge is 0.493 e. The van der Waals surface area contributed by atoms with E-state index in [4.69, 9.17) is 16.3 Å². The van der Waals surface area contributed by atoms with Gasteiger partial charge >= 0.3 is 0 Å². The van der Waals surface area contributed by atoms with Crippen molar-refractivity contribution >= 4 is 39.1 Å². The number of carbonyl (C=O) groups is 1. The normalized spacial score (nSPS) is 10.2. The van der Waals surface area contributed by atoms with Crippen molar-refractivity contribution in [3.05, 3.63) is 57.5 Å². The Morgan fingerprint density at radius 1 is 1.29 bits per heavy atom. The third-order valence-electron chi connectivity index (χ3n) is 2.81. The van der Waals surface area contributed by atoms with Gasteiger partial charge in [0.1, 0.15) is 5.75 Å². The fourth-order valence-corrected chi connectivity index (χ4v) is 2.32. The highest BCUT2D eigenvalue weighted by molar-refractivity contribution is 9.10. The van der Waals surface area contributed by atoms with Crippen LogP contribution in [0.5, 0.6) is 5.75 Å². The molecule has 0 aliphatic rings. The van der Waals surface area contributed by atoms with Gasteiger partial charge in [-0.25, -0.2) is 0 Å². The van der Waals surface area contributed by atoms with Crippen LogP contribution in [0.3, 0.4) is 0 Å². The van der Waals surface area contributed by atoms with E-state index in [1.54, 1.807) is 18.2 Å². The van der Waals surface area contributed by atoms with Crippen LogP contribution in [0.15, 0.2) is 46.9 Å². The summed E-state index contributed by atoms with van der Waals surface area (Å²) in [5.41, 5.74) is 1.78. The van der Waals surface area contributed by atoms with Gasteiger partial charge in [-0.2, -0.15) is 0 Å². The Bertz CT molecular complexity index is 646. The molecule has 0 saturated carbocycles. The second-order valence-corrected chi connectivity index (χ2v) is 5.76. The molecule has 0 heterocycles. The number of aryl methyl sites for hydroxylation is 1. The predicted molar refractivity (Wildman–Crippen MR) is 89.1 cm³/mol. The lowest BCUT2D eigenvalue weighted by molar-refractivity contribution is -0.116. The highest BCUT2D eigenvalue weighted by atomic mass is 79.9. The van der Waals surface area contributed by atoms with Crippen LogP contribution >= 0.6 is 27.5 Å². The highest BCUT2D eigenvalue weighted by Gasteiger charge is 2.08. The summed E-state index contributed by atoms with van der Waals surface area (Å²) in [4.78, 5) is 11.9. The van der Waals surface area contributed by atoms with Crippen molar-refractivity contribution in [1.82, 2.24) is 0 Å². The quantitative estimate of drug-likeness (QED) is 0.822. The van der Waals surface area contributed by atoms with E-state index in [9.17, 15) is 4.79 Å². The SMILES string of the molecule is Cc1cccc(OCCC(=O)Nc2cccc(Cl)c2Br)c1. The van der Waals surface area contributed by atoms with Gasteiger partial charge in [0.2, 0.25) is 5.91 Å². The lowest BCUT2D eigenvalue weighted by Crippen LogP contribution is -2.15. The Kier molecular flexibility index (Phi) is 5.65. The smallest absolute Gasteiger partial charge is 0.227 e. The third-order valence-corrected chi connectivity index (χ3v) is 4.21. The van der Waals surface area contributed by atoms with Gasteiger partial charge in [0, 0.05) is 0 Å². The molecule has 3 nitrogen and oxygen atoms in total. The monoisotopic (exact) mass is 367 g/mol. The number of amides is 1. The number of benzene rings is 2. The van der Waals surface area contributed by atoms with Gasteiger partial charge in [-0.05, 0) is 52.7 Å². The summed E-state index contributed by atoms with van der Waals surface area (Å²) in [5, 5.41) is 3.36. The van der Waals surface area contributed by atoms with E-state index in [-0.39, 0.29) is 12.3 Å². The molecule has 0 radical (unpaired) electrons. The lowest BCUT2D eigenvalue weighted by atomic mass is 10.2. The van der Waals surface area contributed by atoms with Crippen LogP contribution in [0.1, 0.15) is 12.0 Å². The summed E-state index contributed by atoms with van der Waals surface area (Å²) in [6.45, 7) is 2.32. The van der Waals surface area contributed by atoms with Crippen LogP contribution in [-0.2, 0) is 4.79 Å². The number of nitrogens with one attached hydrogen (secondary N) is 1. The molecule has 21 heavy (non-hydrogen) atoms. The molecule has 2 aromatic rings. The maximum atomic E-state index is 11.9. The van der Waals surface area contributed by atoms with Gasteiger partial charge in [-0.1, -0.05) is 29.8 Å². The van der Waals surface area contributed by atoms with E-state index in [1.807, 2.05) is 31.2 Å². The second-order valence-electron chi connectivity index (χ2n) is 4.56. The lowest BCUT2D eigenvalue weighted by Gasteiger charge is -2.09. The van der Waals surface area contributed by atoms with E-state index in [0.717, 1.165) is 11.3 Å². The molecular weight excluding hydrogens is 354 g/mol. The van der Waals surface area contributed by atoms with Gasteiger partial charge in [-0.3, -0.25) is 4.79 Å². The molecular formula is C16H15BrClNO2. The first-order chi connectivity index (χ1) is 10.1. The Balaban J connectivity index is 1.84. The summed E-state index contributed by atoms with van der Waals surface area (Å²) in [6.07, 6.45) is 0.271. The van der Waals surface area contributed by atoms with E-state index in [2.05, 4.69) is 21.2 Å². The maximum absolute atomic E-state index is 11.9. The number of hydrogen-bond acceptors (Lipinski definition) is 2. The molecule has 5 heteroatoms. The van der Waals surface area contributed by atoms with Crippen LogP contribution < -0.4 is 10.1 Å². The zero-order valence-corrected chi connectivity index (χ0v) is 13.9. The summed E-state index contributed by atoms with van der Waals surface area (Å²) >= 11 is 9.32. The number of ether oxygens (including phenoxy) is 1. The molecule has 0 fully saturated rings. The molecule has 1 N–H and O–H groups in total. The van der Waals surface area contributed by atoms with E-state index in [0.29, 0.717) is 21.8 Å². The van der Waals surface area contributed by atoms with Gasteiger partial charge in [0.25, 0.3) is 0 Å². The van der Waals surface area contributed by atoms with Gasteiger partial charge < -0.3 is 10.1 Å². The minimum atomic E-state index is -0.120. The molecule has 0 saturated heterocycles. The Morgan fingerprint density at radius 3 is 2.81 bits per heavy atom. The van der Waals surface area contributed by atoms with Crippen LogP contribution in [0.4, 0.5) is 5.69 Å². The van der Waals surface area contributed by atoms with Crippen LogP contribution in [0.25, 0.3) is 0 Å². The van der Waals surface area contributed by atoms with Crippen molar-refractivity contribution < 1.29 is 9.53 Å². The summed E-state index contributed by atoms with van der Waals surface area (Å²) in [6, 6.07) is 13.1. The maximum Gasteiger partial charge on any atom is 0.227 e. The number of anilines is 1. The molecule has 0 unspecified atom stereocenters. The first-order valence-corrected chi connectivity index (χ1v) is 7.66. The summed E-state index contributed by atoms with van der Waals surface area (Å²) < 4.78 is 6.23. The number of carbonyl (C=O) groups excluding carboxylic acids is 1. The predicted octanol–water partition coefficient (Wildman–Crippen LogP) is 4.82.